The predicted molar refractivity (Wildman–Crippen MR) is 57.1 cm³/mol. The van der Waals surface area contributed by atoms with Crippen LogP contribution < -0.4 is 0 Å². The van der Waals surface area contributed by atoms with Crippen LogP contribution in [0.1, 0.15) is 0 Å². The minimum absolute atomic E-state index is 0.817. The van der Waals surface area contributed by atoms with E-state index in [2.05, 4.69) is 13.2 Å². The fraction of sp³-hybridized carbons (Fsp3) is 0.200. The van der Waals surface area contributed by atoms with Gasteiger partial charge in [-0.2, -0.15) is 0 Å². The molecule has 1 nitrogen and oxygen atoms in total. The summed E-state index contributed by atoms with van der Waals surface area (Å²) in [6.45, 7) is 10.6. The van der Waals surface area contributed by atoms with E-state index < -0.39 is 7.14 Å². The third-order valence-corrected chi connectivity index (χ3v) is 2.86. The summed E-state index contributed by atoms with van der Waals surface area (Å²) < 4.78 is 11.6. The first-order chi connectivity index (χ1) is 5.52. The second kappa shape index (κ2) is 4.95. The van der Waals surface area contributed by atoms with E-state index in [0.29, 0.717) is 0 Å². The summed E-state index contributed by atoms with van der Waals surface area (Å²) in [6.07, 6.45) is 8.64. The Balaban J connectivity index is 4.81. The highest BCUT2D eigenvalue weighted by atomic mass is 31.2. The zero-order chi connectivity index (χ0) is 9.61. The molecular formula is C10H15OP. The molecule has 12 heavy (non-hydrogen) atoms. The molecule has 0 heterocycles. The Morgan fingerprint density at radius 2 is 1.83 bits per heavy atom. The number of hydrogen-bond acceptors (Lipinski definition) is 1. The fourth-order valence-corrected chi connectivity index (χ4v) is 1.61. The summed E-state index contributed by atoms with van der Waals surface area (Å²) in [5, 5.41) is 0.817. The SMILES string of the molecule is C=C/C=C\C(=C/C=C)P(C)(C)=O. The molecule has 0 aliphatic heterocycles. The van der Waals surface area contributed by atoms with Crippen molar-refractivity contribution < 1.29 is 4.57 Å². The molecule has 0 rings (SSSR count). The summed E-state index contributed by atoms with van der Waals surface area (Å²) in [7, 11) is -2.17. The maximum Gasteiger partial charge on any atom is 0.109 e. The van der Waals surface area contributed by atoms with Gasteiger partial charge in [-0.15, -0.1) is 0 Å². The molecule has 0 N–H and O–H groups in total. The van der Waals surface area contributed by atoms with Gasteiger partial charge in [-0.25, -0.2) is 0 Å². The predicted octanol–water partition coefficient (Wildman–Crippen LogP) is 3.42. The summed E-state index contributed by atoms with van der Waals surface area (Å²) in [5.41, 5.74) is 0. The zero-order valence-electron chi connectivity index (χ0n) is 7.66. The highest BCUT2D eigenvalue weighted by Crippen LogP contribution is 2.46. The van der Waals surface area contributed by atoms with Gasteiger partial charge in [0.1, 0.15) is 7.14 Å². The Bertz CT molecular complexity index is 266. The van der Waals surface area contributed by atoms with Crippen molar-refractivity contribution in [3.63, 3.8) is 0 Å². The van der Waals surface area contributed by atoms with Crippen molar-refractivity contribution in [1.29, 1.82) is 0 Å². The Kier molecular flexibility index (Phi) is 4.61. The van der Waals surface area contributed by atoms with Gasteiger partial charge in [-0.05, 0) is 13.3 Å². The average Bonchev–Trinajstić information content (AvgIpc) is 1.95. The molecule has 0 unspecified atom stereocenters. The van der Waals surface area contributed by atoms with Crippen LogP contribution in [0.5, 0.6) is 0 Å². The summed E-state index contributed by atoms with van der Waals surface area (Å²) >= 11 is 0. The average molecular weight is 182 g/mol. The molecule has 0 saturated heterocycles. The van der Waals surface area contributed by atoms with E-state index in [0.717, 1.165) is 5.31 Å². The lowest BCUT2D eigenvalue weighted by Crippen LogP contribution is -1.78. The summed E-state index contributed by atoms with van der Waals surface area (Å²) in [6, 6.07) is 0. The molecule has 0 aromatic heterocycles. The maximum atomic E-state index is 11.6. The van der Waals surface area contributed by atoms with Crippen molar-refractivity contribution >= 4 is 7.14 Å². The van der Waals surface area contributed by atoms with Crippen molar-refractivity contribution in [3.8, 4) is 0 Å². The molecule has 0 aliphatic rings. The van der Waals surface area contributed by atoms with Gasteiger partial charge in [0.25, 0.3) is 0 Å². The lowest BCUT2D eigenvalue weighted by Gasteiger charge is -2.05. The van der Waals surface area contributed by atoms with Crippen molar-refractivity contribution in [2.45, 2.75) is 0 Å². The van der Waals surface area contributed by atoms with Gasteiger partial charge in [-0.1, -0.05) is 43.5 Å². The lowest BCUT2D eigenvalue weighted by molar-refractivity contribution is 0.587. The first-order valence-corrected chi connectivity index (χ1v) is 6.30. The van der Waals surface area contributed by atoms with E-state index in [4.69, 9.17) is 0 Å². The summed E-state index contributed by atoms with van der Waals surface area (Å²) in [4.78, 5) is 0. The number of allylic oxidation sites excluding steroid dienone is 6. The largest absolute Gasteiger partial charge is 0.319 e. The Morgan fingerprint density at radius 3 is 2.17 bits per heavy atom. The monoisotopic (exact) mass is 182 g/mol. The van der Waals surface area contributed by atoms with Gasteiger partial charge < -0.3 is 4.57 Å². The smallest absolute Gasteiger partial charge is 0.109 e. The summed E-state index contributed by atoms with van der Waals surface area (Å²) in [5.74, 6) is 0. The highest BCUT2D eigenvalue weighted by Gasteiger charge is 2.09. The topological polar surface area (TPSA) is 17.1 Å². The van der Waals surface area contributed by atoms with Crippen LogP contribution in [-0.4, -0.2) is 13.3 Å². The molecule has 0 amide bonds. The van der Waals surface area contributed by atoms with Crippen molar-refractivity contribution in [2.24, 2.45) is 0 Å². The zero-order valence-corrected chi connectivity index (χ0v) is 8.55. The van der Waals surface area contributed by atoms with Gasteiger partial charge in [-0.3, -0.25) is 0 Å². The quantitative estimate of drug-likeness (QED) is 0.481. The first kappa shape index (κ1) is 11.2. The maximum absolute atomic E-state index is 11.6. The Hall–Kier alpha value is -0.810. The van der Waals surface area contributed by atoms with E-state index in [1.54, 1.807) is 43.7 Å². The van der Waals surface area contributed by atoms with Gasteiger partial charge >= 0.3 is 0 Å². The van der Waals surface area contributed by atoms with Crippen LogP contribution >= 0.6 is 7.14 Å². The Morgan fingerprint density at radius 1 is 1.25 bits per heavy atom. The molecule has 0 saturated carbocycles. The van der Waals surface area contributed by atoms with Gasteiger partial charge in [0.2, 0.25) is 0 Å². The molecule has 0 aromatic carbocycles. The van der Waals surface area contributed by atoms with Crippen LogP contribution in [0.25, 0.3) is 0 Å². The molecule has 0 fully saturated rings. The fourth-order valence-electron chi connectivity index (χ4n) is 0.702. The Labute approximate surface area is 74.6 Å². The van der Waals surface area contributed by atoms with Crippen LogP contribution in [0.15, 0.2) is 48.9 Å². The molecule has 0 radical (unpaired) electrons. The highest BCUT2D eigenvalue weighted by molar-refractivity contribution is 7.66. The molecular weight excluding hydrogens is 167 g/mol. The van der Waals surface area contributed by atoms with Gasteiger partial charge in [0.05, 0.1) is 0 Å². The standard InChI is InChI=1S/C10H15OP/c1-5-7-9-10(8-6-2)12(3,4)11/h5-9H,1-2H2,3-4H3/b9-7-,10-8+. The molecule has 0 spiro atoms. The van der Waals surface area contributed by atoms with Crippen LogP contribution in [0.3, 0.4) is 0 Å². The first-order valence-electron chi connectivity index (χ1n) is 3.69. The molecule has 66 valence electrons. The number of rotatable bonds is 4. The third-order valence-electron chi connectivity index (χ3n) is 1.31. The number of hydrogen-bond donors (Lipinski definition) is 0. The van der Waals surface area contributed by atoms with Crippen LogP contribution in [0, 0.1) is 0 Å². The van der Waals surface area contributed by atoms with E-state index in [1.807, 2.05) is 0 Å². The minimum atomic E-state index is -2.17. The van der Waals surface area contributed by atoms with E-state index in [9.17, 15) is 4.57 Å². The van der Waals surface area contributed by atoms with E-state index in [1.165, 1.54) is 0 Å². The molecule has 0 aromatic rings. The molecule has 0 aliphatic carbocycles. The van der Waals surface area contributed by atoms with Gasteiger partial charge in [0, 0.05) is 5.31 Å². The van der Waals surface area contributed by atoms with Crippen molar-refractivity contribution in [2.75, 3.05) is 13.3 Å². The van der Waals surface area contributed by atoms with Crippen LogP contribution in [-0.2, 0) is 4.57 Å². The molecule has 0 bridgehead atoms. The van der Waals surface area contributed by atoms with Gasteiger partial charge in [0.15, 0.2) is 0 Å². The van der Waals surface area contributed by atoms with Crippen molar-refractivity contribution in [3.05, 3.63) is 48.9 Å². The van der Waals surface area contributed by atoms with E-state index >= 15 is 0 Å². The second-order valence-corrected chi connectivity index (χ2v) is 5.99. The third kappa shape index (κ3) is 4.15. The second-order valence-electron chi connectivity index (χ2n) is 2.77. The van der Waals surface area contributed by atoms with Crippen LogP contribution in [0.2, 0.25) is 0 Å². The van der Waals surface area contributed by atoms with E-state index in [-0.39, 0.29) is 0 Å². The molecule has 2 heteroatoms. The molecule has 0 atom stereocenters. The minimum Gasteiger partial charge on any atom is -0.319 e. The lowest BCUT2D eigenvalue weighted by atomic mass is 10.4. The van der Waals surface area contributed by atoms with Crippen molar-refractivity contribution in [1.82, 2.24) is 0 Å². The normalized spacial score (nSPS) is 13.3. The van der Waals surface area contributed by atoms with Crippen LogP contribution in [0.4, 0.5) is 0 Å².